The molecule has 0 aliphatic rings. The van der Waals surface area contributed by atoms with E-state index in [0.29, 0.717) is 16.9 Å². The molecule has 1 heterocycles. The van der Waals surface area contributed by atoms with Crippen molar-refractivity contribution in [2.45, 2.75) is 6.92 Å². The molecule has 120 valence electrons. The Labute approximate surface area is 137 Å². The maximum absolute atomic E-state index is 12.2. The van der Waals surface area contributed by atoms with Crippen molar-refractivity contribution in [2.75, 3.05) is 5.32 Å². The highest BCUT2D eigenvalue weighted by Crippen LogP contribution is 2.11. The van der Waals surface area contributed by atoms with Crippen LogP contribution in [0, 0.1) is 0 Å². The Morgan fingerprint density at radius 3 is 2.33 bits per heavy atom. The van der Waals surface area contributed by atoms with E-state index in [0.717, 1.165) is 4.68 Å². The van der Waals surface area contributed by atoms with Gasteiger partial charge in [0.1, 0.15) is 0 Å². The molecule has 2 aromatic carbocycles. The summed E-state index contributed by atoms with van der Waals surface area (Å²) in [4.78, 5) is 37.8. The molecule has 0 unspecified atom stereocenters. The van der Waals surface area contributed by atoms with Gasteiger partial charge in [-0.2, -0.15) is 4.68 Å². The molecule has 0 radical (unpaired) electrons. The van der Waals surface area contributed by atoms with Crippen LogP contribution in [0.15, 0.2) is 59.4 Å². The Morgan fingerprint density at radius 2 is 1.71 bits per heavy atom. The molecule has 1 amide bonds. The van der Waals surface area contributed by atoms with Crippen molar-refractivity contribution in [3.8, 4) is 5.69 Å². The van der Waals surface area contributed by atoms with E-state index >= 15 is 0 Å². The largest absolute Gasteiger partial charge is 0.348 e. The number of carbonyl (C=O) groups is 2. The van der Waals surface area contributed by atoms with Gasteiger partial charge in [-0.15, -0.1) is 5.10 Å². The topological polar surface area (TPSA) is 96.8 Å². The van der Waals surface area contributed by atoms with Crippen molar-refractivity contribution in [2.24, 2.45) is 0 Å². The lowest BCUT2D eigenvalue weighted by Crippen LogP contribution is -2.15. The minimum Gasteiger partial charge on any atom is -0.319 e. The average molecular weight is 322 g/mol. The molecular weight excluding hydrogens is 308 g/mol. The molecule has 0 fully saturated rings. The summed E-state index contributed by atoms with van der Waals surface area (Å²) in [6.07, 6.45) is 0. The Hall–Kier alpha value is -3.48. The van der Waals surface area contributed by atoms with Crippen LogP contribution >= 0.6 is 0 Å². The first-order valence-electron chi connectivity index (χ1n) is 7.22. The van der Waals surface area contributed by atoms with Gasteiger partial charge < -0.3 is 5.32 Å². The maximum Gasteiger partial charge on any atom is 0.348 e. The molecule has 0 bridgehead atoms. The molecule has 0 atom stereocenters. The third-order valence-electron chi connectivity index (χ3n) is 3.38. The number of carbonyl (C=O) groups excluding carboxylic acids is 2. The number of benzene rings is 2. The summed E-state index contributed by atoms with van der Waals surface area (Å²) in [6.45, 7) is 1.47. The lowest BCUT2D eigenvalue weighted by molar-refractivity contribution is 0.101. The number of hydrogen-bond donors (Lipinski definition) is 2. The van der Waals surface area contributed by atoms with Gasteiger partial charge in [0.2, 0.25) is 5.82 Å². The molecule has 0 aliphatic heterocycles. The monoisotopic (exact) mass is 322 g/mol. The maximum atomic E-state index is 12.2. The van der Waals surface area contributed by atoms with Crippen molar-refractivity contribution < 1.29 is 9.59 Å². The molecule has 3 aromatic rings. The molecule has 7 heteroatoms. The van der Waals surface area contributed by atoms with Gasteiger partial charge in [-0.3, -0.25) is 14.6 Å². The molecule has 1 aromatic heterocycles. The molecule has 0 saturated carbocycles. The highest BCUT2D eigenvalue weighted by atomic mass is 16.2. The van der Waals surface area contributed by atoms with Crippen LogP contribution in [0.25, 0.3) is 5.69 Å². The Bertz CT molecular complexity index is 940. The summed E-state index contributed by atoms with van der Waals surface area (Å²) in [5.41, 5.74) is 1.11. The first kappa shape index (κ1) is 15.4. The van der Waals surface area contributed by atoms with Gasteiger partial charge in [-0.05, 0) is 43.3 Å². The van der Waals surface area contributed by atoms with Gasteiger partial charge >= 0.3 is 5.69 Å². The minimum atomic E-state index is -0.544. The molecule has 0 saturated heterocycles. The van der Waals surface area contributed by atoms with Crippen molar-refractivity contribution in [1.82, 2.24) is 14.8 Å². The van der Waals surface area contributed by atoms with Crippen LogP contribution < -0.4 is 11.0 Å². The van der Waals surface area contributed by atoms with E-state index in [-0.39, 0.29) is 11.6 Å². The molecule has 2 N–H and O–H groups in total. The van der Waals surface area contributed by atoms with E-state index in [2.05, 4.69) is 15.4 Å². The van der Waals surface area contributed by atoms with Crippen LogP contribution in [0.5, 0.6) is 0 Å². The smallest absolute Gasteiger partial charge is 0.319 e. The quantitative estimate of drug-likeness (QED) is 0.718. The van der Waals surface area contributed by atoms with Crippen LogP contribution in [-0.2, 0) is 0 Å². The zero-order valence-electron chi connectivity index (χ0n) is 12.8. The van der Waals surface area contributed by atoms with Crippen molar-refractivity contribution in [1.29, 1.82) is 0 Å². The summed E-state index contributed by atoms with van der Waals surface area (Å²) < 4.78 is 1.12. The van der Waals surface area contributed by atoms with Gasteiger partial charge in [0.05, 0.1) is 5.69 Å². The molecule has 0 spiro atoms. The van der Waals surface area contributed by atoms with Gasteiger partial charge in [0.25, 0.3) is 5.91 Å². The second-order valence-corrected chi connectivity index (χ2v) is 5.11. The fraction of sp³-hybridized carbons (Fsp3) is 0.0588. The number of anilines is 1. The number of Topliss-reactive ketones (excluding diaryl/α,β-unsaturated/α-hetero) is 1. The number of H-pyrrole nitrogens is 1. The predicted octanol–water partition coefficient (Wildman–Crippen LogP) is 2.02. The molecule has 3 rings (SSSR count). The van der Waals surface area contributed by atoms with Crippen molar-refractivity contribution >= 4 is 17.4 Å². The van der Waals surface area contributed by atoms with Gasteiger partial charge in [-0.1, -0.05) is 18.2 Å². The third kappa shape index (κ3) is 3.14. The summed E-state index contributed by atoms with van der Waals surface area (Å²) in [5, 5.41) is 6.62. The van der Waals surface area contributed by atoms with Crippen LogP contribution in [-0.4, -0.2) is 26.5 Å². The zero-order chi connectivity index (χ0) is 17.1. The molecular formula is C17H14N4O3. The zero-order valence-corrected chi connectivity index (χ0v) is 12.8. The summed E-state index contributed by atoms with van der Waals surface area (Å²) in [6, 6.07) is 15.2. The first-order chi connectivity index (χ1) is 11.5. The van der Waals surface area contributed by atoms with Crippen LogP contribution in [0.4, 0.5) is 5.69 Å². The third-order valence-corrected chi connectivity index (χ3v) is 3.38. The number of rotatable bonds is 4. The van der Waals surface area contributed by atoms with Crippen LogP contribution in [0.1, 0.15) is 27.9 Å². The summed E-state index contributed by atoms with van der Waals surface area (Å²) in [5.74, 6) is -0.698. The number of nitrogens with one attached hydrogen (secondary N) is 2. The number of aromatic amines is 1. The average Bonchev–Trinajstić information content (AvgIpc) is 2.98. The van der Waals surface area contributed by atoms with Gasteiger partial charge in [0.15, 0.2) is 5.78 Å². The molecule has 0 aliphatic carbocycles. The highest BCUT2D eigenvalue weighted by Gasteiger charge is 2.14. The lowest BCUT2D eigenvalue weighted by atomic mass is 10.1. The second-order valence-electron chi connectivity index (χ2n) is 5.11. The number of hydrogen-bond acceptors (Lipinski definition) is 4. The fourth-order valence-corrected chi connectivity index (χ4v) is 2.15. The molecule has 7 nitrogen and oxygen atoms in total. The SMILES string of the molecule is CC(=O)c1ccc(NC(=O)c2nn(-c3ccccc3)c(=O)[nH]2)cc1. The molecule has 24 heavy (non-hydrogen) atoms. The van der Waals surface area contributed by atoms with E-state index in [4.69, 9.17) is 0 Å². The van der Waals surface area contributed by atoms with E-state index in [1.54, 1.807) is 48.5 Å². The number of para-hydroxylation sites is 1. The van der Waals surface area contributed by atoms with Gasteiger partial charge in [-0.25, -0.2) is 4.79 Å². The van der Waals surface area contributed by atoms with E-state index in [1.807, 2.05) is 6.07 Å². The number of amides is 1. The van der Waals surface area contributed by atoms with E-state index in [9.17, 15) is 14.4 Å². The van der Waals surface area contributed by atoms with E-state index in [1.165, 1.54) is 6.92 Å². The standard InChI is InChI=1S/C17H14N4O3/c1-11(22)12-7-9-13(10-8-12)18-16(23)15-19-17(24)21(20-15)14-5-3-2-4-6-14/h2-10H,1H3,(H,18,23)(H,19,20,24). The summed E-state index contributed by atoms with van der Waals surface area (Å²) in [7, 11) is 0. The first-order valence-corrected chi connectivity index (χ1v) is 7.22. The van der Waals surface area contributed by atoms with Crippen molar-refractivity contribution in [3.63, 3.8) is 0 Å². The Balaban J connectivity index is 1.81. The summed E-state index contributed by atoms with van der Waals surface area (Å²) >= 11 is 0. The Kier molecular flexibility index (Phi) is 4.07. The highest BCUT2D eigenvalue weighted by molar-refractivity contribution is 6.02. The predicted molar refractivity (Wildman–Crippen MR) is 88.6 cm³/mol. The Morgan fingerprint density at radius 1 is 1.04 bits per heavy atom. The lowest BCUT2D eigenvalue weighted by Gasteiger charge is -2.03. The minimum absolute atomic E-state index is 0.0567. The number of aromatic nitrogens is 3. The van der Waals surface area contributed by atoms with Gasteiger partial charge in [0, 0.05) is 11.3 Å². The van der Waals surface area contributed by atoms with Crippen molar-refractivity contribution in [3.05, 3.63) is 76.5 Å². The number of ketones is 1. The second kappa shape index (κ2) is 6.33. The normalized spacial score (nSPS) is 10.4. The fourth-order valence-electron chi connectivity index (χ4n) is 2.15. The van der Waals surface area contributed by atoms with Crippen LogP contribution in [0.3, 0.4) is 0 Å². The van der Waals surface area contributed by atoms with Crippen LogP contribution in [0.2, 0.25) is 0 Å². The van der Waals surface area contributed by atoms with E-state index < -0.39 is 11.6 Å². The number of nitrogens with zero attached hydrogens (tertiary/aromatic N) is 2.